The number of phenols is 1. The Balaban J connectivity index is 1.52. The van der Waals surface area contributed by atoms with Crippen LogP contribution in [0.15, 0.2) is 85.5 Å². The smallest absolute Gasteiger partial charge is 0.256 e. The van der Waals surface area contributed by atoms with Gasteiger partial charge in [0.2, 0.25) is 0 Å². The molecule has 0 radical (unpaired) electrons. The zero-order valence-electron chi connectivity index (χ0n) is 20.5. The number of amides is 2. The van der Waals surface area contributed by atoms with Crippen molar-refractivity contribution in [2.75, 3.05) is 11.9 Å². The van der Waals surface area contributed by atoms with Crippen LogP contribution in [0.25, 0.3) is 22.6 Å². The lowest BCUT2D eigenvalue weighted by atomic mass is 9.99. The minimum atomic E-state index is -0.472. The number of hydrogen-bond donors (Lipinski definition) is 3. The van der Waals surface area contributed by atoms with Crippen LogP contribution in [0.5, 0.6) is 5.75 Å². The van der Waals surface area contributed by atoms with Crippen LogP contribution in [-0.4, -0.2) is 34.2 Å². The molecule has 0 bridgehead atoms. The average molecular weight is 504 g/mol. The molecule has 0 aliphatic heterocycles. The highest BCUT2D eigenvalue weighted by Gasteiger charge is 2.27. The van der Waals surface area contributed by atoms with Gasteiger partial charge in [0.15, 0.2) is 5.78 Å². The molecular weight excluding hydrogens is 478 g/mol. The zero-order valence-corrected chi connectivity index (χ0v) is 20.5. The third-order valence-corrected chi connectivity index (χ3v) is 6.47. The Bertz CT molecular complexity index is 1620. The molecule has 7 heteroatoms. The van der Waals surface area contributed by atoms with Crippen molar-refractivity contribution in [1.82, 2.24) is 10.3 Å². The summed E-state index contributed by atoms with van der Waals surface area (Å²) >= 11 is 0. The molecule has 5 rings (SSSR count). The summed E-state index contributed by atoms with van der Waals surface area (Å²) < 4.78 is 0. The van der Waals surface area contributed by atoms with Gasteiger partial charge in [-0.3, -0.25) is 14.4 Å². The minimum absolute atomic E-state index is 0.177. The van der Waals surface area contributed by atoms with Crippen molar-refractivity contribution < 1.29 is 19.5 Å². The van der Waals surface area contributed by atoms with Crippen LogP contribution in [0.2, 0.25) is 0 Å². The molecule has 1 aliphatic rings. The van der Waals surface area contributed by atoms with E-state index in [4.69, 9.17) is 4.98 Å². The van der Waals surface area contributed by atoms with Crippen LogP contribution >= 0.6 is 0 Å². The van der Waals surface area contributed by atoms with Crippen molar-refractivity contribution in [2.45, 2.75) is 12.8 Å². The molecule has 3 N–H and O–H groups in total. The van der Waals surface area contributed by atoms with E-state index in [-0.39, 0.29) is 29.5 Å². The maximum absolute atomic E-state index is 13.8. The van der Waals surface area contributed by atoms with Gasteiger partial charge in [-0.05, 0) is 72.0 Å². The number of hydrogen-bond acceptors (Lipinski definition) is 5. The van der Waals surface area contributed by atoms with Gasteiger partial charge in [-0.15, -0.1) is 0 Å². The van der Waals surface area contributed by atoms with Crippen LogP contribution in [0.3, 0.4) is 0 Å². The third kappa shape index (κ3) is 4.95. The Morgan fingerprint density at radius 3 is 2.45 bits per heavy atom. The maximum atomic E-state index is 13.8. The number of benzene rings is 3. The van der Waals surface area contributed by atoms with E-state index in [9.17, 15) is 19.5 Å². The fourth-order valence-electron chi connectivity index (χ4n) is 4.62. The van der Waals surface area contributed by atoms with E-state index in [1.807, 2.05) is 42.5 Å². The summed E-state index contributed by atoms with van der Waals surface area (Å²) in [5.41, 5.74) is 5.38. The second kappa shape index (κ2) is 10.5. The normalized spacial score (nSPS) is 13.2. The van der Waals surface area contributed by atoms with Gasteiger partial charge in [-0.1, -0.05) is 49.0 Å². The topological polar surface area (TPSA) is 108 Å². The number of carbonyl (C=O) groups excluding carboxylic acids is 3. The van der Waals surface area contributed by atoms with E-state index in [1.54, 1.807) is 36.4 Å². The number of nitrogens with zero attached hydrogens (tertiary/aromatic N) is 1. The Morgan fingerprint density at radius 1 is 0.921 bits per heavy atom. The lowest BCUT2D eigenvalue weighted by Gasteiger charge is -2.15. The minimum Gasteiger partial charge on any atom is -0.508 e. The summed E-state index contributed by atoms with van der Waals surface area (Å²) in [7, 11) is 0. The number of nitrogens with one attached hydrogen (secondary N) is 2. The standard InChI is InChI=1S/C31H25N3O4/c1-2-21(35)18-32-30(37)24-8-4-6-10-27(24)34-31(38)28-23-7-3-5-9-26(23)33-29-20(13-16-25(28)29)17-19-11-14-22(36)15-12-19/h2-12,14-15,17,36H,1,13,16,18H2,(H,32,37)(H,34,38)/b20-17+. The summed E-state index contributed by atoms with van der Waals surface area (Å²) in [6.45, 7) is 3.23. The van der Waals surface area contributed by atoms with Gasteiger partial charge in [-0.2, -0.15) is 0 Å². The fourth-order valence-corrected chi connectivity index (χ4v) is 4.62. The van der Waals surface area contributed by atoms with Crippen molar-refractivity contribution in [3.05, 3.63) is 113 Å². The molecule has 0 saturated heterocycles. The van der Waals surface area contributed by atoms with Gasteiger partial charge in [0.25, 0.3) is 11.8 Å². The lowest BCUT2D eigenvalue weighted by Crippen LogP contribution is -2.29. The van der Waals surface area contributed by atoms with Crippen LogP contribution in [0.4, 0.5) is 5.69 Å². The van der Waals surface area contributed by atoms with Gasteiger partial charge in [-0.25, -0.2) is 4.98 Å². The molecule has 2 amide bonds. The van der Waals surface area contributed by atoms with Crippen molar-refractivity contribution in [2.24, 2.45) is 0 Å². The summed E-state index contributed by atoms with van der Waals surface area (Å²) in [5.74, 6) is -0.925. The van der Waals surface area contributed by atoms with E-state index in [1.165, 1.54) is 0 Å². The first kappa shape index (κ1) is 24.6. The molecule has 188 valence electrons. The second-order valence-corrected chi connectivity index (χ2v) is 8.95. The highest BCUT2D eigenvalue weighted by molar-refractivity contribution is 6.16. The molecule has 1 aliphatic carbocycles. The molecule has 1 aromatic heterocycles. The van der Waals surface area contributed by atoms with Gasteiger partial charge in [0.1, 0.15) is 5.75 Å². The second-order valence-electron chi connectivity index (χ2n) is 8.95. The lowest BCUT2D eigenvalue weighted by molar-refractivity contribution is -0.113. The molecule has 0 saturated carbocycles. The van der Waals surface area contributed by atoms with Crippen molar-refractivity contribution in [1.29, 1.82) is 0 Å². The van der Waals surface area contributed by atoms with Crippen molar-refractivity contribution in [3.8, 4) is 5.75 Å². The van der Waals surface area contributed by atoms with Gasteiger partial charge in [0, 0.05) is 5.39 Å². The summed E-state index contributed by atoms with van der Waals surface area (Å²) in [4.78, 5) is 43.0. The Kier molecular flexibility index (Phi) is 6.82. The van der Waals surface area contributed by atoms with E-state index in [2.05, 4.69) is 17.2 Å². The SMILES string of the molecule is C=CC(=O)CNC(=O)c1ccccc1NC(=O)c1c2c(nc3ccccc13)/C(=C/c1ccc(O)cc1)CC2. The molecule has 1 heterocycles. The van der Waals surface area contributed by atoms with Crippen LogP contribution in [0, 0.1) is 0 Å². The number of carbonyl (C=O) groups is 3. The molecule has 3 aromatic carbocycles. The Labute approximate surface area is 219 Å². The number of phenolic OH excluding ortho intramolecular Hbond substituents is 1. The number of pyridine rings is 1. The number of ketones is 1. The summed E-state index contributed by atoms with van der Waals surface area (Å²) in [6, 6.07) is 21.1. The highest BCUT2D eigenvalue weighted by Crippen LogP contribution is 2.38. The van der Waals surface area contributed by atoms with Crippen LogP contribution < -0.4 is 10.6 Å². The number of fused-ring (bicyclic) bond motifs is 2. The predicted molar refractivity (Wildman–Crippen MR) is 148 cm³/mol. The van der Waals surface area contributed by atoms with Gasteiger partial charge in [0.05, 0.1) is 34.6 Å². The number of rotatable bonds is 7. The van der Waals surface area contributed by atoms with Gasteiger partial charge >= 0.3 is 0 Å². The first-order valence-electron chi connectivity index (χ1n) is 12.2. The molecule has 0 spiro atoms. The van der Waals surface area contributed by atoms with E-state index in [0.29, 0.717) is 23.2 Å². The number of para-hydroxylation sites is 2. The fraction of sp³-hybridized carbons (Fsp3) is 0.0968. The Hall–Kier alpha value is -5.04. The third-order valence-electron chi connectivity index (χ3n) is 6.47. The average Bonchev–Trinajstić information content (AvgIpc) is 3.33. The molecule has 38 heavy (non-hydrogen) atoms. The molecule has 4 aromatic rings. The van der Waals surface area contributed by atoms with Crippen molar-refractivity contribution in [3.63, 3.8) is 0 Å². The molecular formula is C31H25N3O4. The molecule has 0 fully saturated rings. The van der Waals surface area contributed by atoms with Crippen molar-refractivity contribution >= 4 is 45.8 Å². The first-order valence-corrected chi connectivity index (χ1v) is 12.2. The number of aromatic nitrogens is 1. The Morgan fingerprint density at radius 2 is 1.66 bits per heavy atom. The van der Waals surface area contributed by atoms with E-state index < -0.39 is 5.91 Å². The number of allylic oxidation sites excluding steroid dienone is 1. The van der Waals surface area contributed by atoms with E-state index >= 15 is 0 Å². The van der Waals surface area contributed by atoms with Crippen LogP contribution in [0.1, 0.15) is 44.0 Å². The monoisotopic (exact) mass is 503 g/mol. The van der Waals surface area contributed by atoms with Gasteiger partial charge < -0.3 is 15.7 Å². The zero-order chi connectivity index (χ0) is 26.6. The molecule has 0 atom stereocenters. The number of anilines is 1. The predicted octanol–water partition coefficient (Wildman–Crippen LogP) is 5.16. The van der Waals surface area contributed by atoms with Crippen LogP contribution in [-0.2, 0) is 11.2 Å². The first-order chi connectivity index (χ1) is 18.4. The number of aromatic hydroxyl groups is 1. The summed E-state index contributed by atoms with van der Waals surface area (Å²) in [6.07, 6.45) is 4.54. The molecule has 7 nitrogen and oxygen atoms in total. The summed E-state index contributed by atoms with van der Waals surface area (Å²) in [5, 5.41) is 15.8. The molecule has 0 unspecified atom stereocenters. The maximum Gasteiger partial charge on any atom is 0.256 e. The quantitative estimate of drug-likeness (QED) is 0.302. The highest BCUT2D eigenvalue weighted by atomic mass is 16.3. The largest absolute Gasteiger partial charge is 0.508 e. The van der Waals surface area contributed by atoms with E-state index in [0.717, 1.165) is 40.3 Å².